The van der Waals surface area contributed by atoms with Crippen molar-refractivity contribution < 1.29 is 14.3 Å². The molecule has 0 aliphatic rings. The second kappa shape index (κ2) is 49.0. The van der Waals surface area contributed by atoms with E-state index in [1.165, 1.54) is 257 Å². The third kappa shape index (κ3) is 49.0. The number of carbonyl (C=O) groups is 2. The average Bonchev–Trinajstić information content (AvgIpc) is 3.18. The third-order valence-electron chi connectivity index (χ3n) is 11.9. The Morgan fingerprint density at radius 1 is 0.273 bits per heavy atom. The minimum atomic E-state index is -0.323. The lowest BCUT2D eigenvalue weighted by Gasteiger charge is -2.05. The van der Waals surface area contributed by atoms with E-state index in [0.29, 0.717) is 12.8 Å². The van der Waals surface area contributed by atoms with Crippen LogP contribution < -0.4 is 0 Å². The molecule has 0 aromatic carbocycles. The smallest absolute Gasteiger partial charge is 0.313 e. The number of hydrogen-bond acceptors (Lipinski definition) is 3. The van der Waals surface area contributed by atoms with E-state index >= 15 is 0 Å². The van der Waals surface area contributed by atoms with Crippen molar-refractivity contribution in [1.82, 2.24) is 0 Å². The molecule has 0 aromatic heterocycles. The summed E-state index contributed by atoms with van der Waals surface area (Å²) in [6.07, 6.45) is 64.7. The highest BCUT2D eigenvalue weighted by Gasteiger charge is 2.10. The summed E-state index contributed by atoms with van der Waals surface area (Å²) in [7, 11) is 0. The van der Waals surface area contributed by atoms with E-state index < -0.39 is 0 Å². The zero-order valence-corrected chi connectivity index (χ0v) is 37.9. The van der Waals surface area contributed by atoms with Gasteiger partial charge >= 0.3 is 11.9 Å². The van der Waals surface area contributed by atoms with Crippen molar-refractivity contribution in [2.24, 2.45) is 0 Å². The van der Waals surface area contributed by atoms with Crippen molar-refractivity contribution >= 4 is 11.9 Å². The maximum absolute atomic E-state index is 12.0. The third-order valence-corrected chi connectivity index (χ3v) is 11.9. The van der Waals surface area contributed by atoms with Crippen LogP contribution in [-0.2, 0) is 14.3 Å². The highest BCUT2D eigenvalue weighted by Crippen LogP contribution is 2.17. The highest BCUT2D eigenvalue weighted by atomic mass is 16.6. The first kappa shape index (κ1) is 53.9. The molecule has 0 unspecified atom stereocenters. The fourth-order valence-electron chi connectivity index (χ4n) is 8.04. The molecule has 0 atom stereocenters. The van der Waals surface area contributed by atoms with Crippen LogP contribution >= 0.6 is 0 Å². The monoisotopic (exact) mass is 773 g/mol. The molecule has 0 saturated carbocycles. The average molecular weight is 773 g/mol. The zero-order chi connectivity index (χ0) is 39.8. The van der Waals surface area contributed by atoms with E-state index in [2.05, 4.69) is 26.0 Å². The highest BCUT2D eigenvalue weighted by molar-refractivity contribution is 5.85. The van der Waals surface area contributed by atoms with Gasteiger partial charge in [0.2, 0.25) is 0 Å². The summed E-state index contributed by atoms with van der Waals surface area (Å²) < 4.78 is 5.06. The summed E-state index contributed by atoms with van der Waals surface area (Å²) in [5.74, 6) is -0.645. The lowest BCUT2D eigenvalue weighted by Crippen LogP contribution is -2.11. The molecule has 0 aromatic rings. The van der Waals surface area contributed by atoms with Gasteiger partial charge in [-0.2, -0.15) is 0 Å². The lowest BCUT2D eigenvalue weighted by atomic mass is 10.0. The van der Waals surface area contributed by atoms with Crippen LogP contribution in [0.1, 0.15) is 309 Å². The molecule has 0 aliphatic carbocycles. The van der Waals surface area contributed by atoms with Crippen LogP contribution in [0.25, 0.3) is 0 Å². The number of esters is 2. The number of carbonyl (C=O) groups excluding carboxylic acids is 2. The molecule has 326 valence electrons. The van der Waals surface area contributed by atoms with Gasteiger partial charge < -0.3 is 4.74 Å². The van der Waals surface area contributed by atoms with E-state index in [1.807, 2.05) is 0 Å². The minimum Gasteiger partial charge on any atom is -0.393 e. The second-order valence-corrected chi connectivity index (χ2v) is 17.5. The molecule has 0 heterocycles. The maximum Gasteiger partial charge on any atom is 0.313 e. The predicted octanol–water partition coefficient (Wildman–Crippen LogP) is 18.6. The summed E-state index contributed by atoms with van der Waals surface area (Å²) in [5, 5.41) is 0. The molecule has 3 heteroatoms. The SMILES string of the molecule is CCCCCCCC/C=C\CCCCCCCCCCCC(=O)OC(=O)CCCCCCCCCCCCCCCCCCCCCCCCCCCCC. The van der Waals surface area contributed by atoms with Crippen LogP contribution in [0.3, 0.4) is 0 Å². The van der Waals surface area contributed by atoms with E-state index in [9.17, 15) is 9.59 Å². The van der Waals surface area contributed by atoms with Gasteiger partial charge in [-0.25, -0.2) is 0 Å². The van der Waals surface area contributed by atoms with Crippen LogP contribution in [0.2, 0.25) is 0 Å². The van der Waals surface area contributed by atoms with Crippen molar-refractivity contribution in [2.45, 2.75) is 309 Å². The predicted molar refractivity (Wildman–Crippen MR) is 244 cm³/mol. The van der Waals surface area contributed by atoms with Gasteiger partial charge in [0.15, 0.2) is 0 Å². The van der Waals surface area contributed by atoms with E-state index in [4.69, 9.17) is 4.74 Å². The van der Waals surface area contributed by atoms with E-state index in [1.54, 1.807) is 0 Å². The van der Waals surface area contributed by atoms with Crippen LogP contribution in [0.5, 0.6) is 0 Å². The first-order chi connectivity index (χ1) is 27.2. The molecule has 55 heavy (non-hydrogen) atoms. The van der Waals surface area contributed by atoms with Crippen LogP contribution in [0.15, 0.2) is 12.2 Å². The van der Waals surface area contributed by atoms with Gasteiger partial charge in [0, 0.05) is 12.8 Å². The van der Waals surface area contributed by atoms with Crippen LogP contribution in [-0.4, -0.2) is 11.9 Å². The molecule has 0 N–H and O–H groups in total. The standard InChI is InChI=1S/C52H100O3/c1-3-5-7-9-11-13-15-17-19-21-23-24-25-26-27-28-29-30-32-34-36-38-40-42-44-46-48-50-52(54)55-51(53)49-47-45-43-41-39-37-35-33-31-22-20-18-16-14-12-10-8-6-4-2/h18,20H,3-17,19,21-50H2,1-2H3/b20-18-. The van der Waals surface area contributed by atoms with Gasteiger partial charge in [-0.05, 0) is 38.5 Å². The first-order valence-electron chi connectivity index (χ1n) is 25.6. The quantitative estimate of drug-likeness (QED) is 0.0268. The molecule has 0 bridgehead atoms. The Morgan fingerprint density at radius 3 is 0.673 bits per heavy atom. The molecule has 0 spiro atoms. The molecule has 0 saturated heterocycles. The zero-order valence-electron chi connectivity index (χ0n) is 37.9. The summed E-state index contributed by atoms with van der Waals surface area (Å²) in [6.45, 7) is 4.58. The maximum atomic E-state index is 12.0. The number of unbranched alkanes of at least 4 members (excludes halogenated alkanes) is 41. The van der Waals surface area contributed by atoms with Gasteiger partial charge in [0.1, 0.15) is 0 Å². The molecule has 0 radical (unpaired) electrons. The van der Waals surface area contributed by atoms with Gasteiger partial charge in [0.05, 0.1) is 0 Å². The number of ether oxygens (including phenoxy) is 1. The summed E-state index contributed by atoms with van der Waals surface area (Å²) in [4.78, 5) is 24.1. The fraction of sp³-hybridized carbons (Fsp3) is 0.923. The Bertz CT molecular complexity index is 773. The Kier molecular flexibility index (Phi) is 48.0. The summed E-state index contributed by atoms with van der Waals surface area (Å²) >= 11 is 0. The number of rotatable bonds is 47. The molecule has 0 fully saturated rings. The summed E-state index contributed by atoms with van der Waals surface area (Å²) in [6, 6.07) is 0. The number of allylic oxidation sites excluding steroid dienone is 2. The van der Waals surface area contributed by atoms with Gasteiger partial charge in [-0.15, -0.1) is 0 Å². The van der Waals surface area contributed by atoms with E-state index in [-0.39, 0.29) is 11.9 Å². The van der Waals surface area contributed by atoms with Crippen molar-refractivity contribution in [3.63, 3.8) is 0 Å². The molecule has 0 rings (SSSR count). The second-order valence-electron chi connectivity index (χ2n) is 17.5. The minimum absolute atomic E-state index is 0.321. The topological polar surface area (TPSA) is 43.4 Å². The van der Waals surface area contributed by atoms with Gasteiger partial charge in [0.25, 0.3) is 0 Å². The fourth-order valence-corrected chi connectivity index (χ4v) is 8.04. The number of hydrogen-bond donors (Lipinski definition) is 0. The molecule has 3 nitrogen and oxygen atoms in total. The Morgan fingerprint density at radius 2 is 0.455 bits per heavy atom. The lowest BCUT2D eigenvalue weighted by molar-refractivity contribution is -0.159. The normalized spacial score (nSPS) is 11.6. The Balaban J connectivity index is 3.25. The molecular formula is C52H100O3. The largest absolute Gasteiger partial charge is 0.393 e. The summed E-state index contributed by atoms with van der Waals surface area (Å²) in [5.41, 5.74) is 0. The van der Waals surface area contributed by atoms with Crippen molar-refractivity contribution in [3.05, 3.63) is 12.2 Å². The Hall–Kier alpha value is -1.12. The van der Waals surface area contributed by atoms with E-state index in [0.717, 1.165) is 25.7 Å². The van der Waals surface area contributed by atoms with Crippen molar-refractivity contribution in [2.75, 3.05) is 0 Å². The van der Waals surface area contributed by atoms with Crippen LogP contribution in [0, 0.1) is 0 Å². The molecule has 0 aliphatic heterocycles. The molecular weight excluding hydrogens is 673 g/mol. The van der Waals surface area contributed by atoms with Crippen LogP contribution in [0.4, 0.5) is 0 Å². The van der Waals surface area contributed by atoms with Crippen molar-refractivity contribution in [1.29, 1.82) is 0 Å². The Labute approximate surface area is 346 Å². The van der Waals surface area contributed by atoms with Gasteiger partial charge in [-0.1, -0.05) is 270 Å². The van der Waals surface area contributed by atoms with Crippen molar-refractivity contribution in [3.8, 4) is 0 Å². The van der Waals surface area contributed by atoms with Gasteiger partial charge in [-0.3, -0.25) is 9.59 Å². The first-order valence-corrected chi connectivity index (χ1v) is 25.6. The molecule has 0 amide bonds.